The van der Waals surface area contributed by atoms with Crippen molar-refractivity contribution in [1.82, 2.24) is 20.2 Å². The summed E-state index contributed by atoms with van der Waals surface area (Å²) in [6.07, 6.45) is 8.46. The minimum absolute atomic E-state index is 0.0235. The fourth-order valence-corrected chi connectivity index (χ4v) is 10.5. The number of ether oxygens (including phenoxy) is 2. The van der Waals surface area contributed by atoms with E-state index in [4.69, 9.17) is 26.1 Å². The number of aromatic nitrogens is 2. The van der Waals surface area contributed by atoms with E-state index in [1.807, 2.05) is 12.1 Å². The van der Waals surface area contributed by atoms with Gasteiger partial charge in [-0.2, -0.15) is 5.26 Å². The summed E-state index contributed by atoms with van der Waals surface area (Å²) < 4.78 is 12.7. The number of piperidine rings is 2. The second kappa shape index (κ2) is 17.6. The summed E-state index contributed by atoms with van der Waals surface area (Å²) in [6.45, 7) is 15.9. The maximum atomic E-state index is 13.5. The Morgan fingerprint density at radius 3 is 2.22 bits per heavy atom. The van der Waals surface area contributed by atoms with Crippen LogP contribution in [-0.2, 0) is 9.59 Å². The van der Waals surface area contributed by atoms with Crippen molar-refractivity contribution in [3.05, 3.63) is 76.7 Å². The molecule has 2 aromatic carbocycles. The molecule has 1 aromatic heterocycles. The fraction of sp³-hybridized carbons (Fsp3) is 0.553. The first kappa shape index (κ1) is 43.2. The van der Waals surface area contributed by atoms with Crippen LogP contribution in [0.5, 0.6) is 11.5 Å². The molecule has 12 nitrogen and oxygen atoms in total. The first-order chi connectivity index (χ1) is 28.5. The molecule has 7 rings (SSSR count). The number of hydrogen-bond acceptors (Lipinski definition) is 11. The number of carbonyl (C=O) groups is 4. The van der Waals surface area contributed by atoms with Crippen LogP contribution in [0.25, 0.3) is 0 Å². The zero-order valence-corrected chi connectivity index (χ0v) is 36.3. The van der Waals surface area contributed by atoms with Crippen LogP contribution < -0.4 is 19.7 Å². The predicted molar refractivity (Wildman–Crippen MR) is 228 cm³/mol. The van der Waals surface area contributed by atoms with E-state index in [1.54, 1.807) is 42.7 Å². The Morgan fingerprint density at radius 1 is 0.933 bits per heavy atom. The molecule has 2 aliphatic heterocycles. The van der Waals surface area contributed by atoms with E-state index in [1.165, 1.54) is 0 Å². The lowest BCUT2D eigenvalue weighted by Crippen LogP contribution is -2.66. The predicted octanol–water partition coefficient (Wildman–Crippen LogP) is 7.87. The number of nitriles is 1. The standard InChI is InChI=1S/C47H57ClN6O6/c1-28(2)54(33-20-36(21-33)59-34-11-7-30(8-12-34)39(55)19-31-10-14-43(57)52-44(31)58)27-29-15-17-53(18-16-29)42-26-50-38(25-51-42)40(56)23-41-46(3,4)45(47(41,5)6)60-35-13-9-32(24-49)37(48)22-35/h7-9,11-13,22,25-26,28-29,31,33,36,41,45H,10,14-21,23,27H2,1-6H3,(H,52,57,58). The number of amides is 2. The van der Waals surface area contributed by atoms with Crippen LogP contribution in [0.3, 0.4) is 0 Å². The summed E-state index contributed by atoms with van der Waals surface area (Å²) in [6, 6.07) is 15.2. The number of Topliss-reactive ketones (excluding diaryl/α,β-unsaturated/α-hetero) is 2. The quantitative estimate of drug-likeness (QED) is 0.118. The lowest BCUT2D eigenvalue weighted by Gasteiger charge is -2.63. The monoisotopic (exact) mass is 836 g/mol. The van der Waals surface area contributed by atoms with Gasteiger partial charge in [-0.15, -0.1) is 0 Å². The molecule has 3 aromatic rings. The fourth-order valence-electron chi connectivity index (χ4n) is 10.2. The van der Waals surface area contributed by atoms with Gasteiger partial charge in [-0.05, 0) is 81.3 Å². The number of nitrogens with zero attached hydrogens (tertiary/aromatic N) is 5. The van der Waals surface area contributed by atoms with Crippen LogP contribution in [0.2, 0.25) is 5.02 Å². The van der Waals surface area contributed by atoms with Crippen LogP contribution in [0.15, 0.2) is 54.9 Å². The molecule has 2 saturated carbocycles. The second-order valence-electron chi connectivity index (χ2n) is 18.7. The summed E-state index contributed by atoms with van der Waals surface area (Å²) in [5, 5.41) is 11.9. The SMILES string of the molecule is CC(C)N(CC1CCN(c2cnc(C(=O)CC3C(C)(C)C(Oc4ccc(C#N)c(Cl)c4)C3(C)C)cn2)CC1)C1CC(Oc2ccc(C(=O)CC3CCC(=O)NC3=O)cc2)C1. The Hall–Kier alpha value is -4.86. The van der Waals surface area contributed by atoms with Gasteiger partial charge in [0, 0.05) is 92.2 Å². The zero-order valence-electron chi connectivity index (χ0n) is 35.6. The van der Waals surface area contributed by atoms with E-state index < -0.39 is 5.92 Å². The second-order valence-corrected chi connectivity index (χ2v) is 19.1. The van der Waals surface area contributed by atoms with Gasteiger partial charge in [0.25, 0.3) is 0 Å². The van der Waals surface area contributed by atoms with E-state index in [0.717, 1.165) is 56.9 Å². The lowest BCUT2D eigenvalue weighted by atomic mass is 9.44. The summed E-state index contributed by atoms with van der Waals surface area (Å²) in [5.74, 6) is 1.54. The van der Waals surface area contributed by atoms with Gasteiger partial charge in [-0.1, -0.05) is 39.3 Å². The van der Waals surface area contributed by atoms with Gasteiger partial charge in [0.05, 0.1) is 23.0 Å². The number of imide groups is 1. The molecule has 1 atom stereocenters. The van der Waals surface area contributed by atoms with E-state index in [-0.39, 0.29) is 65.2 Å². The molecule has 1 unspecified atom stereocenters. The Bertz CT molecular complexity index is 2100. The van der Waals surface area contributed by atoms with E-state index >= 15 is 0 Å². The summed E-state index contributed by atoms with van der Waals surface area (Å²) in [4.78, 5) is 64.1. The van der Waals surface area contributed by atoms with Gasteiger partial charge in [0.2, 0.25) is 11.8 Å². The smallest absolute Gasteiger partial charge is 0.230 e. The molecule has 4 fully saturated rings. The van der Waals surface area contributed by atoms with Crippen molar-refractivity contribution in [3.63, 3.8) is 0 Å². The number of carbonyl (C=O) groups excluding carboxylic acids is 4. The molecule has 1 N–H and O–H groups in total. The van der Waals surface area contributed by atoms with Gasteiger partial charge in [0.15, 0.2) is 11.6 Å². The Balaban J connectivity index is 0.842. The Labute approximate surface area is 358 Å². The van der Waals surface area contributed by atoms with Crippen molar-refractivity contribution < 1.29 is 28.7 Å². The number of ketones is 2. The van der Waals surface area contributed by atoms with Crippen molar-refractivity contribution in [3.8, 4) is 17.6 Å². The molecule has 318 valence electrons. The highest BCUT2D eigenvalue weighted by molar-refractivity contribution is 6.31. The molecular weight excluding hydrogens is 780 g/mol. The highest BCUT2D eigenvalue weighted by atomic mass is 35.5. The molecule has 0 radical (unpaired) electrons. The molecule has 4 aliphatic rings. The van der Waals surface area contributed by atoms with Crippen LogP contribution in [0.4, 0.5) is 5.82 Å². The summed E-state index contributed by atoms with van der Waals surface area (Å²) in [5.41, 5.74) is 0.766. The average Bonchev–Trinajstić information content (AvgIpc) is 3.20. The highest BCUT2D eigenvalue weighted by Crippen LogP contribution is 2.61. The van der Waals surface area contributed by atoms with Crippen LogP contribution in [0, 0.1) is 39.9 Å². The highest BCUT2D eigenvalue weighted by Gasteiger charge is 2.63. The van der Waals surface area contributed by atoms with Crippen molar-refractivity contribution in [1.29, 1.82) is 5.26 Å². The summed E-state index contributed by atoms with van der Waals surface area (Å²) in [7, 11) is 0. The number of rotatable bonds is 15. The van der Waals surface area contributed by atoms with Gasteiger partial charge in [0.1, 0.15) is 41.3 Å². The van der Waals surface area contributed by atoms with Gasteiger partial charge < -0.3 is 14.4 Å². The largest absolute Gasteiger partial charge is 0.490 e. The van der Waals surface area contributed by atoms with Crippen LogP contribution in [-0.4, -0.2) is 82.2 Å². The molecule has 0 bridgehead atoms. The van der Waals surface area contributed by atoms with Crippen molar-refractivity contribution in [2.45, 2.75) is 117 Å². The van der Waals surface area contributed by atoms with E-state index in [9.17, 15) is 24.4 Å². The first-order valence-electron chi connectivity index (χ1n) is 21.4. The first-order valence-corrected chi connectivity index (χ1v) is 21.8. The molecule has 2 amide bonds. The Morgan fingerprint density at radius 2 is 1.62 bits per heavy atom. The third kappa shape index (κ3) is 9.23. The van der Waals surface area contributed by atoms with Gasteiger partial charge >= 0.3 is 0 Å². The molecule has 0 spiro atoms. The minimum Gasteiger partial charge on any atom is -0.490 e. The molecule has 3 heterocycles. The molecule has 2 saturated heterocycles. The zero-order chi connectivity index (χ0) is 42.9. The third-order valence-electron chi connectivity index (χ3n) is 13.6. The number of nitrogens with one attached hydrogen (secondary N) is 1. The molecule has 2 aliphatic carbocycles. The average molecular weight is 837 g/mol. The topological polar surface area (TPSA) is 155 Å². The number of hydrogen-bond donors (Lipinski definition) is 1. The van der Waals surface area contributed by atoms with Gasteiger partial charge in [-0.3, -0.25) is 29.4 Å². The van der Waals surface area contributed by atoms with Crippen LogP contribution >= 0.6 is 11.6 Å². The maximum Gasteiger partial charge on any atom is 0.230 e. The van der Waals surface area contributed by atoms with Crippen molar-refractivity contribution in [2.75, 3.05) is 24.5 Å². The van der Waals surface area contributed by atoms with Gasteiger partial charge in [-0.25, -0.2) is 9.97 Å². The van der Waals surface area contributed by atoms with Crippen molar-refractivity contribution >= 4 is 40.8 Å². The lowest BCUT2D eigenvalue weighted by molar-refractivity contribution is -0.196. The molecule has 60 heavy (non-hydrogen) atoms. The summed E-state index contributed by atoms with van der Waals surface area (Å²) >= 11 is 6.26. The van der Waals surface area contributed by atoms with Crippen LogP contribution in [0.1, 0.15) is 119 Å². The minimum atomic E-state index is -0.467. The van der Waals surface area contributed by atoms with E-state index in [2.05, 4.69) is 67.7 Å². The molecule has 13 heteroatoms. The maximum absolute atomic E-state index is 13.5. The number of benzene rings is 2. The number of anilines is 1. The Kier molecular flexibility index (Phi) is 12.7. The number of halogens is 1. The van der Waals surface area contributed by atoms with Crippen molar-refractivity contribution in [2.24, 2.45) is 28.6 Å². The normalized spacial score (nSPS) is 24.9. The molecular formula is C47H57ClN6O6. The third-order valence-corrected chi connectivity index (χ3v) is 14.0. The van der Waals surface area contributed by atoms with E-state index in [0.29, 0.717) is 58.4 Å².